The summed E-state index contributed by atoms with van der Waals surface area (Å²) in [4.78, 5) is 2.54. The van der Waals surface area contributed by atoms with Gasteiger partial charge in [-0.3, -0.25) is 0 Å². The van der Waals surface area contributed by atoms with Crippen LogP contribution >= 0.6 is 0 Å². The van der Waals surface area contributed by atoms with Crippen molar-refractivity contribution in [3.8, 4) is 0 Å². The van der Waals surface area contributed by atoms with Crippen molar-refractivity contribution >= 4 is 0 Å². The van der Waals surface area contributed by atoms with Gasteiger partial charge in [-0.05, 0) is 38.5 Å². The normalized spacial score (nSPS) is 35.6. The maximum atomic E-state index is 6.20. The Bertz CT molecular complexity index is 220. The van der Waals surface area contributed by atoms with Crippen LogP contribution in [-0.4, -0.2) is 43.3 Å². The third kappa shape index (κ3) is 2.96. The van der Waals surface area contributed by atoms with Crippen LogP contribution in [0.15, 0.2) is 0 Å². The van der Waals surface area contributed by atoms with Crippen molar-refractivity contribution in [3.05, 3.63) is 0 Å². The van der Waals surface area contributed by atoms with E-state index in [4.69, 9.17) is 10.5 Å². The second kappa shape index (κ2) is 5.48. The molecular formula is C13H26N2O. The molecule has 3 unspecified atom stereocenters. The predicted molar refractivity (Wildman–Crippen MR) is 66.3 cm³/mol. The highest BCUT2D eigenvalue weighted by Crippen LogP contribution is 2.35. The van der Waals surface area contributed by atoms with Gasteiger partial charge in [-0.2, -0.15) is 0 Å². The van der Waals surface area contributed by atoms with Crippen LogP contribution in [0.3, 0.4) is 0 Å². The van der Waals surface area contributed by atoms with Gasteiger partial charge in [0.25, 0.3) is 0 Å². The number of likely N-dealkylation sites (tertiary alicyclic amines) is 1. The van der Waals surface area contributed by atoms with Gasteiger partial charge in [0.05, 0.1) is 12.7 Å². The topological polar surface area (TPSA) is 38.5 Å². The molecule has 94 valence electrons. The molecule has 3 atom stereocenters. The Kier molecular flexibility index (Phi) is 4.22. The largest absolute Gasteiger partial charge is 0.377 e. The minimum atomic E-state index is 0.354. The maximum absolute atomic E-state index is 6.20. The number of nitrogens with two attached hydrogens (primary N) is 1. The molecule has 0 aromatic carbocycles. The van der Waals surface area contributed by atoms with Crippen LogP contribution in [-0.2, 0) is 4.74 Å². The monoisotopic (exact) mass is 226 g/mol. The van der Waals surface area contributed by atoms with Crippen LogP contribution in [0.25, 0.3) is 0 Å². The molecule has 0 spiro atoms. The van der Waals surface area contributed by atoms with Gasteiger partial charge < -0.3 is 15.4 Å². The average molecular weight is 226 g/mol. The molecule has 0 radical (unpaired) electrons. The van der Waals surface area contributed by atoms with Crippen LogP contribution in [0, 0.1) is 11.8 Å². The molecule has 1 aliphatic heterocycles. The molecule has 0 aromatic heterocycles. The third-order valence-electron chi connectivity index (χ3n) is 4.09. The van der Waals surface area contributed by atoms with Crippen LogP contribution < -0.4 is 5.73 Å². The van der Waals surface area contributed by atoms with Gasteiger partial charge in [-0.1, -0.05) is 6.42 Å². The van der Waals surface area contributed by atoms with Crippen molar-refractivity contribution in [2.45, 2.75) is 45.3 Å². The highest BCUT2D eigenvalue weighted by Gasteiger charge is 2.38. The summed E-state index contributed by atoms with van der Waals surface area (Å²) in [5.41, 5.74) is 6.20. The molecule has 1 heterocycles. The molecule has 2 N–H and O–H groups in total. The Morgan fingerprint density at radius 2 is 2.12 bits per heavy atom. The number of fused-ring (bicyclic) bond motifs is 1. The van der Waals surface area contributed by atoms with E-state index in [1.807, 2.05) is 0 Å². The first-order valence-electron chi connectivity index (χ1n) is 6.76. The quantitative estimate of drug-likeness (QED) is 0.789. The number of nitrogens with zero attached hydrogens (tertiary/aromatic N) is 1. The Balaban J connectivity index is 1.74. The Hall–Kier alpha value is -0.120. The first kappa shape index (κ1) is 12.3. The Morgan fingerprint density at radius 1 is 1.31 bits per heavy atom. The highest BCUT2D eigenvalue weighted by molar-refractivity contribution is 4.92. The van der Waals surface area contributed by atoms with E-state index in [1.165, 1.54) is 32.4 Å². The summed E-state index contributed by atoms with van der Waals surface area (Å²) in [5.74, 6) is 1.62. The van der Waals surface area contributed by atoms with Gasteiger partial charge in [0.2, 0.25) is 0 Å². The number of hydrogen-bond acceptors (Lipinski definition) is 3. The smallest absolute Gasteiger partial charge is 0.0596 e. The molecule has 2 rings (SSSR count). The van der Waals surface area contributed by atoms with Crippen molar-refractivity contribution in [1.82, 2.24) is 4.90 Å². The molecule has 0 amide bonds. The lowest BCUT2D eigenvalue weighted by Gasteiger charge is -2.29. The Labute approximate surface area is 99.3 Å². The summed E-state index contributed by atoms with van der Waals surface area (Å²) in [7, 11) is 0. The van der Waals surface area contributed by atoms with E-state index in [-0.39, 0.29) is 0 Å². The summed E-state index contributed by atoms with van der Waals surface area (Å²) >= 11 is 0. The van der Waals surface area contributed by atoms with Gasteiger partial charge >= 0.3 is 0 Å². The minimum Gasteiger partial charge on any atom is -0.377 e. The molecule has 1 saturated heterocycles. The molecule has 1 saturated carbocycles. The van der Waals surface area contributed by atoms with Crippen molar-refractivity contribution < 1.29 is 4.74 Å². The third-order valence-corrected chi connectivity index (χ3v) is 4.09. The maximum Gasteiger partial charge on any atom is 0.0596 e. The van der Waals surface area contributed by atoms with E-state index in [0.29, 0.717) is 12.1 Å². The van der Waals surface area contributed by atoms with E-state index >= 15 is 0 Å². The van der Waals surface area contributed by atoms with Crippen LogP contribution in [0.2, 0.25) is 0 Å². The lowest BCUT2D eigenvalue weighted by molar-refractivity contribution is 0.0624. The summed E-state index contributed by atoms with van der Waals surface area (Å²) in [5, 5.41) is 0. The molecule has 0 aromatic rings. The summed E-state index contributed by atoms with van der Waals surface area (Å²) in [6, 6.07) is 0.453. The van der Waals surface area contributed by atoms with Crippen molar-refractivity contribution in [3.63, 3.8) is 0 Å². The molecule has 1 aliphatic carbocycles. The zero-order chi connectivity index (χ0) is 11.5. The molecule has 2 fully saturated rings. The summed E-state index contributed by atoms with van der Waals surface area (Å²) in [6.07, 6.45) is 4.31. The van der Waals surface area contributed by atoms with Crippen LogP contribution in [0.5, 0.6) is 0 Å². The fraction of sp³-hybridized carbons (Fsp3) is 1.00. The molecule has 16 heavy (non-hydrogen) atoms. The van der Waals surface area contributed by atoms with E-state index < -0.39 is 0 Å². The lowest BCUT2D eigenvalue weighted by Crippen LogP contribution is -2.38. The number of ether oxygens (including phenoxy) is 1. The highest BCUT2D eigenvalue weighted by atomic mass is 16.5. The predicted octanol–water partition coefficient (Wildman–Crippen LogP) is 1.47. The average Bonchev–Trinajstić information content (AvgIpc) is 2.61. The fourth-order valence-electron chi connectivity index (χ4n) is 3.21. The molecule has 0 bridgehead atoms. The van der Waals surface area contributed by atoms with Crippen LogP contribution in [0.1, 0.15) is 33.1 Å². The number of rotatable bonds is 4. The van der Waals surface area contributed by atoms with E-state index in [1.54, 1.807) is 0 Å². The molecule has 2 aliphatic rings. The van der Waals surface area contributed by atoms with E-state index in [2.05, 4.69) is 18.7 Å². The Morgan fingerprint density at radius 3 is 2.81 bits per heavy atom. The molecular weight excluding hydrogens is 200 g/mol. The molecule has 3 heteroatoms. The van der Waals surface area contributed by atoms with E-state index in [0.717, 1.165) is 25.0 Å². The van der Waals surface area contributed by atoms with Crippen molar-refractivity contribution in [2.75, 3.05) is 26.2 Å². The second-order valence-electron chi connectivity index (χ2n) is 5.70. The van der Waals surface area contributed by atoms with Gasteiger partial charge in [0.15, 0.2) is 0 Å². The second-order valence-corrected chi connectivity index (χ2v) is 5.70. The van der Waals surface area contributed by atoms with Gasteiger partial charge in [0.1, 0.15) is 0 Å². The van der Waals surface area contributed by atoms with Crippen molar-refractivity contribution in [1.29, 1.82) is 0 Å². The standard InChI is InChI=1S/C13H26N2O/c1-10(2)16-7-6-15-8-11-4-3-5-13(14)12(11)9-15/h10-13H,3-9,14H2,1-2H3. The van der Waals surface area contributed by atoms with Gasteiger partial charge in [-0.15, -0.1) is 0 Å². The SMILES string of the molecule is CC(C)OCCN1CC2CCCC(N)C2C1. The van der Waals surface area contributed by atoms with Gasteiger partial charge in [0, 0.05) is 25.7 Å². The zero-order valence-corrected chi connectivity index (χ0v) is 10.7. The lowest BCUT2D eigenvalue weighted by atomic mass is 9.78. The summed E-state index contributed by atoms with van der Waals surface area (Å²) in [6.45, 7) is 8.59. The van der Waals surface area contributed by atoms with Crippen molar-refractivity contribution in [2.24, 2.45) is 17.6 Å². The number of hydrogen-bond donors (Lipinski definition) is 1. The van der Waals surface area contributed by atoms with Crippen LogP contribution in [0.4, 0.5) is 0 Å². The molecule has 3 nitrogen and oxygen atoms in total. The first-order chi connectivity index (χ1) is 7.66. The first-order valence-corrected chi connectivity index (χ1v) is 6.76. The van der Waals surface area contributed by atoms with Gasteiger partial charge in [-0.25, -0.2) is 0 Å². The van der Waals surface area contributed by atoms with E-state index in [9.17, 15) is 0 Å². The zero-order valence-electron chi connectivity index (χ0n) is 10.7. The minimum absolute atomic E-state index is 0.354. The summed E-state index contributed by atoms with van der Waals surface area (Å²) < 4.78 is 5.61. The fourth-order valence-corrected chi connectivity index (χ4v) is 3.21.